The van der Waals surface area contributed by atoms with Crippen LogP contribution in [0.25, 0.3) is 22.2 Å². The molecule has 0 aliphatic carbocycles. The van der Waals surface area contributed by atoms with Crippen molar-refractivity contribution in [2.45, 2.75) is 13.3 Å². The number of rotatable bonds is 5. The number of aryl methyl sites for hydroxylation is 1. The van der Waals surface area contributed by atoms with Gasteiger partial charge in [-0.2, -0.15) is 0 Å². The number of likely N-dealkylation sites (N-methyl/N-ethyl adjacent to an activating group) is 1. The number of Topliss-reactive ketones (excluding diaryl/α,β-unsaturated/α-hetero) is 1. The first kappa shape index (κ1) is 20.3. The van der Waals surface area contributed by atoms with E-state index in [0.717, 1.165) is 48.5 Å². The SMILES string of the molecule is Cc1ncc(-c2ccc3cnc(CC(=O)c4ccnc(N5CCN(C)CC5)c4)nc3c2)o1. The number of oxazole rings is 1. The number of fused-ring (bicyclic) bond motifs is 1. The molecule has 0 atom stereocenters. The molecule has 0 radical (unpaired) electrons. The number of carbonyl (C=O) groups is 1. The van der Waals surface area contributed by atoms with Crippen LogP contribution in [0.4, 0.5) is 5.82 Å². The molecule has 5 rings (SSSR count). The number of benzene rings is 1. The summed E-state index contributed by atoms with van der Waals surface area (Å²) >= 11 is 0. The second-order valence-corrected chi connectivity index (χ2v) is 8.10. The maximum absolute atomic E-state index is 13.0. The van der Waals surface area contributed by atoms with Gasteiger partial charge in [0.25, 0.3) is 0 Å². The second-order valence-electron chi connectivity index (χ2n) is 8.10. The van der Waals surface area contributed by atoms with Gasteiger partial charge in [0, 0.05) is 62.0 Å². The molecule has 1 fully saturated rings. The summed E-state index contributed by atoms with van der Waals surface area (Å²) < 4.78 is 5.62. The van der Waals surface area contributed by atoms with Crippen molar-refractivity contribution < 1.29 is 9.21 Å². The molecule has 4 heterocycles. The molecule has 4 aromatic rings. The molecule has 3 aromatic heterocycles. The van der Waals surface area contributed by atoms with Crippen molar-refractivity contribution in [2.24, 2.45) is 0 Å². The van der Waals surface area contributed by atoms with Crippen LogP contribution in [0, 0.1) is 6.92 Å². The van der Waals surface area contributed by atoms with E-state index in [0.29, 0.717) is 23.0 Å². The topological polar surface area (TPSA) is 88.3 Å². The number of ketones is 1. The highest BCUT2D eigenvalue weighted by molar-refractivity contribution is 5.98. The van der Waals surface area contributed by atoms with E-state index in [1.165, 1.54) is 0 Å². The third-order valence-corrected chi connectivity index (χ3v) is 5.75. The van der Waals surface area contributed by atoms with Gasteiger partial charge in [-0.15, -0.1) is 0 Å². The molecule has 0 N–H and O–H groups in total. The Morgan fingerprint density at radius 3 is 2.66 bits per heavy atom. The lowest BCUT2D eigenvalue weighted by Gasteiger charge is -2.33. The number of anilines is 1. The summed E-state index contributed by atoms with van der Waals surface area (Å²) in [7, 11) is 2.11. The molecular weight excluding hydrogens is 404 g/mol. The highest BCUT2D eigenvalue weighted by Gasteiger charge is 2.17. The van der Waals surface area contributed by atoms with Gasteiger partial charge >= 0.3 is 0 Å². The molecule has 0 unspecified atom stereocenters. The Labute approximate surface area is 185 Å². The average molecular weight is 428 g/mol. The van der Waals surface area contributed by atoms with Crippen LogP contribution in [0.5, 0.6) is 0 Å². The quantitative estimate of drug-likeness (QED) is 0.448. The van der Waals surface area contributed by atoms with Crippen LogP contribution in [-0.2, 0) is 6.42 Å². The van der Waals surface area contributed by atoms with E-state index < -0.39 is 0 Å². The Kier molecular flexibility index (Phi) is 5.36. The van der Waals surface area contributed by atoms with Crippen LogP contribution in [0.15, 0.2) is 53.3 Å². The number of carbonyl (C=O) groups excluding carboxylic acids is 1. The zero-order chi connectivity index (χ0) is 22.1. The van der Waals surface area contributed by atoms with Gasteiger partial charge in [-0.25, -0.2) is 19.9 Å². The standard InChI is InChI=1S/C24H24N6O2/c1-16-26-15-22(32-16)18-3-4-19-14-27-23(28-20(19)11-18)13-21(31)17-5-6-25-24(12-17)30-9-7-29(2)8-10-30/h3-6,11-12,14-15H,7-10,13H2,1-2H3. The number of aromatic nitrogens is 4. The van der Waals surface area contributed by atoms with E-state index in [1.54, 1.807) is 24.7 Å². The zero-order valence-electron chi connectivity index (χ0n) is 18.2. The molecule has 0 amide bonds. The van der Waals surface area contributed by atoms with E-state index in [9.17, 15) is 4.79 Å². The number of piperazine rings is 1. The minimum absolute atomic E-state index is 0.0239. The lowest BCUT2D eigenvalue weighted by atomic mass is 10.1. The Bertz CT molecular complexity index is 1280. The summed E-state index contributed by atoms with van der Waals surface area (Å²) in [4.78, 5) is 35.1. The number of nitrogens with zero attached hydrogens (tertiary/aromatic N) is 6. The van der Waals surface area contributed by atoms with Gasteiger partial charge in [-0.3, -0.25) is 4.79 Å². The Morgan fingerprint density at radius 2 is 1.88 bits per heavy atom. The van der Waals surface area contributed by atoms with Crippen molar-refractivity contribution in [3.05, 3.63) is 66.2 Å². The van der Waals surface area contributed by atoms with E-state index in [1.807, 2.05) is 31.2 Å². The number of pyridine rings is 1. The molecule has 8 heteroatoms. The van der Waals surface area contributed by atoms with Gasteiger partial charge in [0.05, 0.1) is 18.1 Å². The van der Waals surface area contributed by atoms with Crippen molar-refractivity contribution >= 4 is 22.5 Å². The molecule has 1 saturated heterocycles. The van der Waals surface area contributed by atoms with Crippen molar-refractivity contribution in [3.8, 4) is 11.3 Å². The Hall–Kier alpha value is -3.65. The first-order valence-corrected chi connectivity index (χ1v) is 10.7. The summed E-state index contributed by atoms with van der Waals surface area (Å²) in [5.74, 6) is 2.61. The van der Waals surface area contributed by atoms with Gasteiger partial charge in [0.1, 0.15) is 11.6 Å². The lowest BCUT2D eigenvalue weighted by Crippen LogP contribution is -2.44. The van der Waals surface area contributed by atoms with Crippen LogP contribution >= 0.6 is 0 Å². The number of hydrogen-bond acceptors (Lipinski definition) is 8. The van der Waals surface area contributed by atoms with Crippen LogP contribution in [-0.4, -0.2) is 63.8 Å². The minimum Gasteiger partial charge on any atom is -0.441 e. The van der Waals surface area contributed by atoms with Gasteiger partial charge in [-0.1, -0.05) is 12.1 Å². The maximum atomic E-state index is 13.0. The molecule has 162 valence electrons. The van der Waals surface area contributed by atoms with E-state index in [4.69, 9.17) is 4.42 Å². The summed E-state index contributed by atoms with van der Waals surface area (Å²) in [5, 5.41) is 0.905. The molecule has 0 bridgehead atoms. The Morgan fingerprint density at radius 1 is 1.03 bits per heavy atom. The molecule has 0 spiro atoms. The third-order valence-electron chi connectivity index (χ3n) is 5.75. The highest BCUT2D eigenvalue weighted by atomic mass is 16.4. The van der Waals surface area contributed by atoms with Crippen molar-refractivity contribution in [2.75, 3.05) is 38.1 Å². The normalized spacial score (nSPS) is 14.8. The fraction of sp³-hybridized carbons (Fsp3) is 0.292. The van der Waals surface area contributed by atoms with Gasteiger partial charge in [-0.05, 0) is 25.2 Å². The zero-order valence-corrected chi connectivity index (χ0v) is 18.2. The van der Waals surface area contributed by atoms with Crippen molar-refractivity contribution in [1.82, 2.24) is 24.8 Å². The van der Waals surface area contributed by atoms with E-state index in [2.05, 4.69) is 36.8 Å². The molecule has 1 aromatic carbocycles. The van der Waals surface area contributed by atoms with Crippen molar-refractivity contribution in [3.63, 3.8) is 0 Å². The predicted octanol–water partition coefficient (Wildman–Crippen LogP) is 3.17. The minimum atomic E-state index is -0.0239. The van der Waals surface area contributed by atoms with Crippen LogP contribution < -0.4 is 4.90 Å². The number of hydrogen-bond donors (Lipinski definition) is 0. The smallest absolute Gasteiger partial charge is 0.191 e. The lowest BCUT2D eigenvalue weighted by molar-refractivity contribution is 0.0991. The van der Waals surface area contributed by atoms with Gasteiger partial charge < -0.3 is 14.2 Å². The Balaban J connectivity index is 1.36. The largest absolute Gasteiger partial charge is 0.441 e. The van der Waals surface area contributed by atoms with Gasteiger partial charge in [0.15, 0.2) is 17.4 Å². The van der Waals surface area contributed by atoms with Crippen LogP contribution in [0.2, 0.25) is 0 Å². The summed E-state index contributed by atoms with van der Waals surface area (Å²) in [6.07, 6.45) is 5.29. The monoisotopic (exact) mass is 428 g/mol. The van der Waals surface area contributed by atoms with Crippen molar-refractivity contribution in [1.29, 1.82) is 0 Å². The molecular formula is C24H24N6O2. The molecule has 32 heavy (non-hydrogen) atoms. The fourth-order valence-electron chi connectivity index (χ4n) is 3.84. The molecule has 1 aliphatic heterocycles. The van der Waals surface area contributed by atoms with E-state index in [-0.39, 0.29) is 12.2 Å². The van der Waals surface area contributed by atoms with Crippen LogP contribution in [0.3, 0.4) is 0 Å². The summed E-state index contributed by atoms with van der Waals surface area (Å²) in [5.41, 5.74) is 2.28. The highest BCUT2D eigenvalue weighted by Crippen LogP contribution is 2.24. The molecule has 1 aliphatic rings. The maximum Gasteiger partial charge on any atom is 0.191 e. The van der Waals surface area contributed by atoms with Gasteiger partial charge in [0.2, 0.25) is 0 Å². The summed E-state index contributed by atoms with van der Waals surface area (Å²) in [6, 6.07) is 9.46. The molecule has 0 saturated carbocycles. The average Bonchev–Trinajstić information content (AvgIpc) is 3.25. The second kappa shape index (κ2) is 8.47. The first-order chi connectivity index (χ1) is 15.5. The first-order valence-electron chi connectivity index (χ1n) is 10.7. The third kappa shape index (κ3) is 4.22. The summed E-state index contributed by atoms with van der Waals surface area (Å²) in [6.45, 7) is 5.59. The predicted molar refractivity (Wildman–Crippen MR) is 122 cm³/mol. The van der Waals surface area contributed by atoms with Crippen LogP contribution in [0.1, 0.15) is 22.1 Å². The fourth-order valence-corrected chi connectivity index (χ4v) is 3.84. The molecule has 8 nitrogen and oxygen atoms in total. The van der Waals surface area contributed by atoms with E-state index >= 15 is 0 Å².